The number of benzene rings is 1. The van der Waals surface area contributed by atoms with Crippen molar-refractivity contribution in [2.45, 2.75) is 26.3 Å². The second-order valence-corrected chi connectivity index (χ2v) is 5.43. The molecule has 0 aliphatic heterocycles. The highest BCUT2D eigenvalue weighted by atomic mass is 35.5. The first-order chi connectivity index (χ1) is 9.13. The second kappa shape index (κ2) is 6.31. The van der Waals surface area contributed by atoms with Crippen molar-refractivity contribution in [3.63, 3.8) is 0 Å². The SMILES string of the molecule is CCCCOc1ccc2[nH]cc(CN(C)C)c2c1Cl. The van der Waals surface area contributed by atoms with Crippen LogP contribution in [0.5, 0.6) is 5.75 Å². The predicted molar refractivity (Wildman–Crippen MR) is 81.1 cm³/mol. The zero-order valence-electron chi connectivity index (χ0n) is 11.8. The molecule has 0 unspecified atom stereocenters. The Hall–Kier alpha value is -1.19. The van der Waals surface area contributed by atoms with Crippen molar-refractivity contribution in [3.8, 4) is 5.75 Å². The topological polar surface area (TPSA) is 28.3 Å². The number of hydrogen-bond acceptors (Lipinski definition) is 2. The first-order valence-electron chi connectivity index (χ1n) is 6.69. The lowest BCUT2D eigenvalue weighted by atomic mass is 10.1. The summed E-state index contributed by atoms with van der Waals surface area (Å²) in [7, 11) is 4.10. The van der Waals surface area contributed by atoms with Crippen LogP contribution in [-0.4, -0.2) is 30.6 Å². The molecule has 0 saturated heterocycles. The van der Waals surface area contributed by atoms with Gasteiger partial charge >= 0.3 is 0 Å². The second-order valence-electron chi connectivity index (χ2n) is 5.05. The van der Waals surface area contributed by atoms with E-state index in [1.165, 1.54) is 5.56 Å². The molecule has 1 heterocycles. The van der Waals surface area contributed by atoms with Gasteiger partial charge in [0.05, 0.1) is 11.6 Å². The zero-order valence-corrected chi connectivity index (χ0v) is 12.5. The third-order valence-corrected chi connectivity index (χ3v) is 3.45. The predicted octanol–water partition coefficient (Wildman–Crippen LogP) is 4.06. The Morgan fingerprint density at radius 1 is 1.32 bits per heavy atom. The molecular formula is C15H21ClN2O. The van der Waals surface area contributed by atoms with Gasteiger partial charge in [0.15, 0.2) is 0 Å². The Kier molecular flexibility index (Phi) is 4.72. The fourth-order valence-electron chi connectivity index (χ4n) is 2.13. The van der Waals surface area contributed by atoms with Crippen LogP contribution in [0, 0.1) is 0 Å². The number of nitrogens with one attached hydrogen (secondary N) is 1. The standard InChI is InChI=1S/C15H21ClN2O/c1-4-5-8-19-13-7-6-12-14(15(13)16)11(9-17-12)10-18(2)3/h6-7,9,17H,4-5,8,10H2,1-3H3. The maximum absolute atomic E-state index is 6.49. The lowest BCUT2D eigenvalue weighted by Crippen LogP contribution is -2.10. The van der Waals surface area contributed by atoms with Gasteiger partial charge in [0.25, 0.3) is 0 Å². The van der Waals surface area contributed by atoms with Crippen LogP contribution in [0.25, 0.3) is 10.9 Å². The minimum atomic E-state index is 0.715. The first-order valence-corrected chi connectivity index (χ1v) is 7.07. The van der Waals surface area contributed by atoms with Crippen molar-refractivity contribution in [2.24, 2.45) is 0 Å². The lowest BCUT2D eigenvalue weighted by Gasteiger charge is -2.11. The number of halogens is 1. The van der Waals surface area contributed by atoms with Gasteiger partial charge in [-0.3, -0.25) is 0 Å². The highest BCUT2D eigenvalue weighted by molar-refractivity contribution is 6.37. The minimum Gasteiger partial charge on any atom is -0.492 e. The molecule has 4 heteroatoms. The number of ether oxygens (including phenoxy) is 1. The van der Waals surface area contributed by atoms with Crippen molar-refractivity contribution in [2.75, 3.05) is 20.7 Å². The Morgan fingerprint density at radius 2 is 2.11 bits per heavy atom. The molecular weight excluding hydrogens is 260 g/mol. The van der Waals surface area contributed by atoms with E-state index in [0.29, 0.717) is 5.02 Å². The molecule has 0 bridgehead atoms. The molecule has 1 N–H and O–H groups in total. The molecule has 0 spiro atoms. The van der Waals surface area contributed by atoms with E-state index in [-0.39, 0.29) is 0 Å². The highest BCUT2D eigenvalue weighted by Crippen LogP contribution is 2.35. The van der Waals surface area contributed by atoms with E-state index in [2.05, 4.69) is 16.8 Å². The average molecular weight is 281 g/mol. The van der Waals surface area contributed by atoms with Crippen molar-refractivity contribution in [1.82, 2.24) is 9.88 Å². The number of aromatic amines is 1. The van der Waals surface area contributed by atoms with E-state index < -0.39 is 0 Å². The Labute approximate surface area is 119 Å². The molecule has 0 radical (unpaired) electrons. The van der Waals surface area contributed by atoms with E-state index in [1.807, 2.05) is 32.4 Å². The van der Waals surface area contributed by atoms with Crippen LogP contribution in [0.2, 0.25) is 5.02 Å². The number of hydrogen-bond donors (Lipinski definition) is 1. The molecule has 0 amide bonds. The van der Waals surface area contributed by atoms with Crippen molar-refractivity contribution < 1.29 is 4.74 Å². The van der Waals surface area contributed by atoms with Crippen LogP contribution in [0.3, 0.4) is 0 Å². The summed E-state index contributed by atoms with van der Waals surface area (Å²) in [5, 5.41) is 1.79. The van der Waals surface area contributed by atoms with Gasteiger partial charge in [-0.15, -0.1) is 0 Å². The molecule has 3 nitrogen and oxygen atoms in total. The molecule has 1 aromatic carbocycles. The van der Waals surface area contributed by atoms with Crippen LogP contribution < -0.4 is 4.74 Å². The molecule has 2 rings (SSSR count). The average Bonchev–Trinajstić information content (AvgIpc) is 2.75. The number of aromatic nitrogens is 1. The third-order valence-electron chi connectivity index (χ3n) is 3.07. The summed E-state index contributed by atoms with van der Waals surface area (Å²) in [6, 6.07) is 3.97. The smallest absolute Gasteiger partial charge is 0.138 e. The number of rotatable bonds is 6. The minimum absolute atomic E-state index is 0.715. The van der Waals surface area contributed by atoms with Gasteiger partial charge in [0.1, 0.15) is 5.75 Å². The van der Waals surface area contributed by atoms with Gasteiger partial charge in [0, 0.05) is 23.6 Å². The van der Waals surface area contributed by atoms with Gasteiger partial charge in [0.2, 0.25) is 0 Å². The van der Waals surface area contributed by atoms with Crippen LogP contribution >= 0.6 is 11.6 Å². The van der Waals surface area contributed by atoms with Crippen molar-refractivity contribution >= 4 is 22.5 Å². The van der Waals surface area contributed by atoms with Gasteiger partial charge in [-0.1, -0.05) is 24.9 Å². The summed E-state index contributed by atoms with van der Waals surface area (Å²) in [4.78, 5) is 5.39. The quantitative estimate of drug-likeness (QED) is 0.808. The summed E-state index contributed by atoms with van der Waals surface area (Å²) >= 11 is 6.49. The Morgan fingerprint density at radius 3 is 2.79 bits per heavy atom. The highest BCUT2D eigenvalue weighted by Gasteiger charge is 2.12. The molecule has 2 aromatic rings. The van der Waals surface area contributed by atoms with Crippen molar-refractivity contribution in [1.29, 1.82) is 0 Å². The summed E-state index contributed by atoms with van der Waals surface area (Å²) in [5.41, 5.74) is 2.26. The zero-order chi connectivity index (χ0) is 13.8. The normalized spacial score (nSPS) is 11.4. The van der Waals surface area contributed by atoms with E-state index >= 15 is 0 Å². The number of fused-ring (bicyclic) bond motifs is 1. The number of unbranched alkanes of at least 4 members (excludes halogenated alkanes) is 1. The molecule has 0 aliphatic carbocycles. The fourth-order valence-corrected chi connectivity index (χ4v) is 2.47. The van der Waals surface area contributed by atoms with Gasteiger partial charge in [-0.25, -0.2) is 0 Å². The van der Waals surface area contributed by atoms with Crippen LogP contribution in [-0.2, 0) is 6.54 Å². The van der Waals surface area contributed by atoms with Gasteiger partial charge < -0.3 is 14.6 Å². The number of H-pyrrole nitrogens is 1. The van der Waals surface area contributed by atoms with Crippen LogP contribution in [0.4, 0.5) is 0 Å². The molecule has 19 heavy (non-hydrogen) atoms. The third kappa shape index (κ3) is 3.23. The summed E-state index contributed by atoms with van der Waals surface area (Å²) in [6.07, 6.45) is 4.19. The van der Waals surface area contributed by atoms with E-state index in [9.17, 15) is 0 Å². The summed E-state index contributed by atoms with van der Waals surface area (Å²) < 4.78 is 5.76. The largest absolute Gasteiger partial charge is 0.492 e. The van der Waals surface area contributed by atoms with E-state index in [0.717, 1.165) is 42.6 Å². The van der Waals surface area contributed by atoms with Crippen LogP contribution in [0.1, 0.15) is 25.3 Å². The molecule has 0 saturated carbocycles. The van der Waals surface area contributed by atoms with Crippen molar-refractivity contribution in [3.05, 3.63) is 28.9 Å². The van der Waals surface area contributed by atoms with E-state index in [4.69, 9.17) is 16.3 Å². The maximum Gasteiger partial charge on any atom is 0.138 e. The molecule has 0 fully saturated rings. The van der Waals surface area contributed by atoms with E-state index in [1.54, 1.807) is 0 Å². The Balaban J connectivity index is 2.32. The van der Waals surface area contributed by atoms with Crippen LogP contribution in [0.15, 0.2) is 18.3 Å². The van der Waals surface area contributed by atoms with Gasteiger partial charge in [-0.05, 0) is 38.2 Å². The Bertz CT molecular complexity index is 548. The number of nitrogens with zero attached hydrogens (tertiary/aromatic N) is 1. The first kappa shape index (κ1) is 14.2. The summed E-state index contributed by atoms with van der Waals surface area (Å²) in [5.74, 6) is 0.780. The monoisotopic (exact) mass is 280 g/mol. The lowest BCUT2D eigenvalue weighted by molar-refractivity contribution is 0.310. The summed E-state index contributed by atoms with van der Waals surface area (Å²) in [6.45, 7) is 3.73. The molecule has 1 aromatic heterocycles. The maximum atomic E-state index is 6.49. The fraction of sp³-hybridized carbons (Fsp3) is 0.467. The molecule has 104 valence electrons. The molecule has 0 aliphatic rings. The van der Waals surface area contributed by atoms with Gasteiger partial charge in [-0.2, -0.15) is 0 Å². The molecule has 0 atom stereocenters.